The maximum Gasteiger partial charge on any atom is 0.409 e. The summed E-state index contributed by atoms with van der Waals surface area (Å²) in [7, 11) is 1.37. The molecule has 2 unspecified atom stereocenters. The van der Waals surface area contributed by atoms with Gasteiger partial charge in [-0.3, -0.25) is 0 Å². The normalized spacial score (nSPS) is 23.2. The first-order chi connectivity index (χ1) is 9.08. The van der Waals surface area contributed by atoms with Crippen molar-refractivity contribution in [2.24, 2.45) is 11.7 Å². The Bertz CT molecular complexity index is 453. The van der Waals surface area contributed by atoms with E-state index in [0.717, 1.165) is 18.4 Å². The highest BCUT2D eigenvalue weighted by Gasteiger charge is 2.28. The topological polar surface area (TPSA) is 55.6 Å². The fourth-order valence-electron chi connectivity index (χ4n) is 2.67. The number of hydrogen-bond donors (Lipinski definition) is 1. The molecule has 2 rings (SSSR count). The predicted octanol–water partition coefficient (Wildman–Crippen LogP) is 1.78. The van der Waals surface area contributed by atoms with Crippen LogP contribution in [0.5, 0.6) is 0 Å². The minimum Gasteiger partial charge on any atom is -0.453 e. The van der Waals surface area contributed by atoms with Crippen LogP contribution in [0.1, 0.15) is 12.0 Å². The van der Waals surface area contributed by atoms with E-state index in [-0.39, 0.29) is 23.9 Å². The minimum absolute atomic E-state index is 0.0496. The van der Waals surface area contributed by atoms with Gasteiger partial charge in [0.25, 0.3) is 0 Å². The molecule has 0 spiro atoms. The number of nitrogens with two attached hydrogens (primary N) is 1. The Morgan fingerprint density at radius 3 is 3.00 bits per heavy atom. The molecule has 1 heterocycles. The van der Waals surface area contributed by atoms with Gasteiger partial charge >= 0.3 is 6.09 Å². The van der Waals surface area contributed by atoms with Crippen molar-refractivity contribution in [3.8, 4) is 0 Å². The van der Waals surface area contributed by atoms with Crippen LogP contribution in [-0.4, -0.2) is 37.2 Å². The standard InChI is InChI=1S/C14H19FN2O2/c1-19-14(18)17-8-11(7-13(16)9-17)5-10-3-2-4-12(15)6-10/h2-4,6,11,13H,5,7-9,16H2,1H3. The Morgan fingerprint density at radius 1 is 1.53 bits per heavy atom. The van der Waals surface area contributed by atoms with Crippen LogP contribution in [0.4, 0.5) is 9.18 Å². The van der Waals surface area contributed by atoms with Crippen molar-refractivity contribution in [1.82, 2.24) is 4.90 Å². The minimum atomic E-state index is -0.348. The van der Waals surface area contributed by atoms with Gasteiger partial charge in [0.1, 0.15) is 5.82 Å². The molecule has 0 saturated carbocycles. The summed E-state index contributed by atoms with van der Waals surface area (Å²) in [6.45, 7) is 1.13. The molecule has 5 heteroatoms. The fraction of sp³-hybridized carbons (Fsp3) is 0.500. The van der Waals surface area contributed by atoms with Gasteiger partial charge in [-0.15, -0.1) is 0 Å². The van der Waals surface area contributed by atoms with E-state index in [1.54, 1.807) is 11.0 Å². The van der Waals surface area contributed by atoms with Crippen molar-refractivity contribution in [2.45, 2.75) is 18.9 Å². The van der Waals surface area contributed by atoms with Gasteiger partial charge in [0.15, 0.2) is 0 Å². The number of hydrogen-bond acceptors (Lipinski definition) is 3. The van der Waals surface area contributed by atoms with Crippen LogP contribution in [0.2, 0.25) is 0 Å². The zero-order valence-corrected chi connectivity index (χ0v) is 11.0. The second kappa shape index (κ2) is 6.02. The van der Waals surface area contributed by atoms with Crippen LogP contribution >= 0.6 is 0 Å². The summed E-state index contributed by atoms with van der Waals surface area (Å²) in [5.74, 6) is 0.00656. The number of halogens is 1. The Kier molecular flexibility index (Phi) is 4.37. The molecule has 1 amide bonds. The fourth-order valence-corrected chi connectivity index (χ4v) is 2.67. The third-order valence-corrected chi connectivity index (χ3v) is 3.42. The van der Waals surface area contributed by atoms with E-state index in [2.05, 4.69) is 0 Å². The van der Waals surface area contributed by atoms with Gasteiger partial charge in [0, 0.05) is 19.1 Å². The van der Waals surface area contributed by atoms with Crippen molar-refractivity contribution in [3.63, 3.8) is 0 Å². The molecular weight excluding hydrogens is 247 g/mol. The van der Waals surface area contributed by atoms with Crippen LogP contribution in [0.25, 0.3) is 0 Å². The summed E-state index contributed by atoms with van der Waals surface area (Å²) in [6, 6.07) is 6.50. The average molecular weight is 266 g/mol. The first kappa shape index (κ1) is 13.8. The number of carbonyl (C=O) groups is 1. The Hall–Kier alpha value is -1.62. The van der Waals surface area contributed by atoms with Crippen LogP contribution < -0.4 is 5.73 Å². The zero-order chi connectivity index (χ0) is 13.8. The number of likely N-dealkylation sites (tertiary alicyclic amines) is 1. The Balaban J connectivity index is 2.01. The molecule has 19 heavy (non-hydrogen) atoms. The van der Waals surface area contributed by atoms with Crippen LogP contribution in [0.15, 0.2) is 24.3 Å². The van der Waals surface area contributed by atoms with Crippen molar-refractivity contribution in [3.05, 3.63) is 35.6 Å². The van der Waals surface area contributed by atoms with Crippen molar-refractivity contribution in [1.29, 1.82) is 0 Å². The second-order valence-electron chi connectivity index (χ2n) is 5.07. The SMILES string of the molecule is COC(=O)N1CC(N)CC(Cc2cccc(F)c2)C1. The molecule has 1 saturated heterocycles. The molecule has 0 radical (unpaired) electrons. The molecule has 1 aromatic rings. The monoisotopic (exact) mass is 266 g/mol. The molecule has 1 aliphatic rings. The molecule has 104 valence electrons. The number of carbonyl (C=O) groups excluding carboxylic acids is 1. The third-order valence-electron chi connectivity index (χ3n) is 3.42. The largest absolute Gasteiger partial charge is 0.453 e. The first-order valence-electron chi connectivity index (χ1n) is 6.41. The van der Waals surface area contributed by atoms with Gasteiger partial charge in [-0.2, -0.15) is 0 Å². The summed E-state index contributed by atoms with van der Waals surface area (Å²) >= 11 is 0. The lowest BCUT2D eigenvalue weighted by atomic mass is 9.89. The van der Waals surface area contributed by atoms with Crippen LogP contribution in [0.3, 0.4) is 0 Å². The van der Waals surface area contributed by atoms with E-state index in [0.29, 0.717) is 13.1 Å². The van der Waals surface area contributed by atoms with E-state index in [1.165, 1.54) is 19.2 Å². The highest BCUT2D eigenvalue weighted by atomic mass is 19.1. The van der Waals surface area contributed by atoms with Gasteiger partial charge in [0.2, 0.25) is 0 Å². The maximum absolute atomic E-state index is 13.1. The van der Waals surface area contributed by atoms with Gasteiger partial charge in [-0.1, -0.05) is 12.1 Å². The highest BCUT2D eigenvalue weighted by molar-refractivity contribution is 5.67. The summed E-state index contributed by atoms with van der Waals surface area (Å²) in [6.07, 6.45) is 1.21. The van der Waals surface area contributed by atoms with E-state index < -0.39 is 0 Å². The van der Waals surface area contributed by atoms with Gasteiger partial charge < -0.3 is 15.4 Å². The summed E-state index contributed by atoms with van der Waals surface area (Å²) in [5.41, 5.74) is 6.90. The number of methoxy groups -OCH3 is 1. The molecule has 2 atom stereocenters. The number of nitrogens with zero attached hydrogens (tertiary/aromatic N) is 1. The molecule has 2 N–H and O–H groups in total. The Morgan fingerprint density at radius 2 is 2.32 bits per heavy atom. The lowest BCUT2D eigenvalue weighted by molar-refractivity contribution is 0.0962. The second-order valence-corrected chi connectivity index (χ2v) is 5.07. The first-order valence-corrected chi connectivity index (χ1v) is 6.41. The number of ether oxygens (including phenoxy) is 1. The third kappa shape index (κ3) is 3.67. The zero-order valence-electron chi connectivity index (χ0n) is 11.0. The van der Waals surface area contributed by atoms with E-state index in [9.17, 15) is 9.18 Å². The summed E-state index contributed by atoms with van der Waals surface area (Å²) in [4.78, 5) is 13.2. The van der Waals surface area contributed by atoms with E-state index in [1.807, 2.05) is 6.07 Å². The molecule has 4 nitrogen and oxygen atoms in total. The van der Waals surface area contributed by atoms with E-state index >= 15 is 0 Å². The molecule has 0 aromatic heterocycles. The lowest BCUT2D eigenvalue weighted by Gasteiger charge is -2.35. The predicted molar refractivity (Wildman–Crippen MR) is 70.2 cm³/mol. The number of piperidine rings is 1. The lowest BCUT2D eigenvalue weighted by Crippen LogP contribution is -2.49. The van der Waals surface area contributed by atoms with Gasteiger partial charge in [-0.05, 0) is 36.5 Å². The van der Waals surface area contributed by atoms with Gasteiger partial charge in [-0.25, -0.2) is 9.18 Å². The Labute approximate surface area is 112 Å². The van der Waals surface area contributed by atoms with Crippen LogP contribution in [0, 0.1) is 11.7 Å². The number of benzene rings is 1. The summed E-state index contributed by atoms with van der Waals surface area (Å²) in [5, 5.41) is 0. The molecular formula is C14H19FN2O2. The smallest absolute Gasteiger partial charge is 0.409 e. The van der Waals surface area contributed by atoms with Gasteiger partial charge in [0.05, 0.1) is 7.11 Å². The molecule has 0 bridgehead atoms. The van der Waals surface area contributed by atoms with Crippen molar-refractivity contribution >= 4 is 6.09 Å². The number of rotatable bonds is 2. The molecule has 1 fully saturated rings. The maximum atomic E-state index is 13.1. The van der Waals surface area contributed by atoms with Crippen molar-refractivity contribution < 1.29 is 13.9 Å². The average Bonchev–Trinajstić information content (AvgIpc) is 2.37. The highest BCUT2D eigenvalue weighted by Crippen LogP contribution is 2.21. The summed E-state index contributed by atoms with van der Waals surface area (Å²) < 4.78 is 17.9. The number of amides is 1. The van der Waals surface area contributed by atoms with Crippen LogP contribution in [-0.2, 0) is 11.2 Å². The van der Waals surface area contributed by atoms with E-state index in [4.69, 9.17) is 10.5 Å². The molecule has 1 aromatic carbocycles. The van der Waals surface area contributed by atoms with Crippen molar-refractivity contribution in [2.75, 3.05) is 20.2 Å². The quantitative estimate of drug-likeness (QED) is 0.887. The molecule has 1 aliphatic heterocycles. The molecule has 0 aliphatic carbocycles.